The topological polar surface area (TPSA) is 29.0 Å². The Morgan fingerprint density at radius 3 is 1.96 bits per heavy atom. The Morgan fingerprint density at radius 1 is 0.453 bits per heavy atom. The number of nitrogens with zero attached hydrogens (tertiary/aromatic N) is 1. The van der Waals surface area contributed by atoms with Crippen molar-refractivity contribution < 1.29 is 0 Å². The van der Waals surface area contributed by atoms with Crippen LogP contribution in [0.5, 0.6) is 0 Å². The van der Waals surface area contributed by atoms with Gasteiger partial charge in [0.25, 0.3) is 0 Å². The molecule has 1 aliphatic rings. The summed E-state index contributed by atoms with van der Waals surface area (Å²) in [5.74, 6) is 0. The van der Waals surface area contributed by atoms with Crippen molar-refractivity contribution in [3.05, 3.63) is 205 Å². The van der Waals surface area contributed by atoms with Crippen LogP contribution in [0, 0.1) is 0 Å². The molecule has 0 saturated heterocycles. The molecule has 10 aromatic rings. The Bertz CT molecular complexity index is 3080. The number of hydrogen-bond donors (Lipinski definition) is 2. The number of aromatic nitrogens is 1. The first-order chi connectivity index (χ1) is 26.3. The molecule has 0 fully saturated rings. The van der Waals surface area contributed by atoms with Crippen LogP contribution in [0.3, 0.4) is 0 Å². The maximum absolute atomic E-state index is 4.00. The fourth-order valence-electron chi connectivity index (χ4n) is 8.86. The van der Waals surface area contributed by atoms with Gasteiger partial charge >= 0.3 is 0 Å². The summed E-state index contributed by atoms with van der Waals surface area (Å²) >= 11 is 0. The highest BCUT2D eigenvalue weighted by molar-refractivity contribution is 6.36. The number of benzene rings is 9. The van der Waals surface area contributed by atoms with Crippen molar-refractivity contribution in [1.29, 1.82) is 0 Å². The first-order valence-corrected chi connectivity index (χ1v) is 18.4. The molecule has 2 atom stereocenters. The minimum absolute atomic E-state index is 0.0371. The predicted molar refractivity (Wildman–Crippen MR) is 223 cm³/mol. The average molecular weight is 678 g/mol. The summed E-state index contributed by atoms with van der Waals surface area (Å²) in [6.07, 6.45) is 2.25. The van der Waals surface area contributed by atoms with Gasteiger partial charge in [-0.2, -0.15) is 0 Å². The van der Waals surface area contributed by atoms with Crippen molar-refractivity contribution in [2.75, 3.05) is 0 Å². The lowest BCUT2D eigenvalue weighted by atomic mass is 9.93. The van der Waals surface area contributed by atoms with Gasteiger partial charge in [-0.25, -0.2) is 0 Å². The van der Waals surface area contributed by atoms with Gasteiger partial charge in [0, 0.05) is 32.9 Å². The molecule has 2 heterocycles. The van der Waals surface area contributed by atoms with Crippen molar-refractivity contribution in [1.82, 2.24) is 15.2 Å². The average Bonchev–Trinajstić information content (AvgIpc) is 3.59. The maximum Gasteiger partial charge on any atom is 0.105 e. The van der Waals surface area contributed by atoms with Crippen molar-refractivity contribution in [3.8, 4) is 5.69 Å². The Morgan fingerprint density at radius 2 is 1.11 bits per heavy atom. The van der Waals surface area contributed by atoms with Crippen LogP contribution in [0.25, 0.3) is 76.3 Å². The lowest BCUT2D eigenvalue weighted by molar-refractivity contribution is 0.445. The van der Waals surface area contributed by atoms with Crippen molar-refractivity contribution in [2.45, 2.75) is 12.2 Å². The van der Waals surface area contributed by atoms with Crippen LogP contribution in [-0.4, -0.2) is 4.57 Å². The van der Waals surface area contributed by atoms with Gasteiger partial charge in [0.1, 0.15) is 6.17 Å². The number of para-hydroxylation sites is 1. The zero-order chi connectivity index (χ0) is 34.9. The standard InChI is InChI=1S/C50H35N3/c1-2-16-34(17-3-1)44-31-45(52-50(51-44)42-26-13-18-32-14-4-6-21-37(32)42)35-19-12-20-36(30-35)53-46-27-11-10-25-43(46)48-47-38-22-7-5-15-33(38)28-29-40(47)39-23-8-9-24-41(39)49(48)53/h1-31,45,50-52H. The van der Waals surface area contributed by atoms with Crippen LogP contribution in [-0.2, 0) is 0 Å². The fourth-order valence-corrected chi connectivity index (χ4v) is 8.86. The van der Waals surface area contributed by atoms with E-state index in [2.05, 4.69) is 203 Å². The number of fused-ring (bicyclic) bond motifs is 11. The zero-order valence-electron chi connectivity index (χ0n) is 29.0. The first kappa shape index (κ1) is 30.0. The van der Waals surface area contributed by atoms with E-state index in [1.54, 1.807) is 0 Å². The summed E-state index contributed by atoms with van der Waals surface area (Å²) in [6.45, 7) is 0. The van der Waals surface area contributed by atoms with Crippen LogP contribution in [0.4, 0.5) is 0 Å². The third-order valence-electron chi connectivity index (χ3n) is 11.2. The highest BCUT2D eigenvalue weighted by Gasteiger charge is 2.26. The molecular weight excluding hydrogens is 643 g/mol. The lowest BCUT2D eigenvalue weighted by Gasteiger charge is -2.34. The SMILES string of the molecule is C1=C(c2ccccc2)NC(c2cccc3ccccc23)NC1c1cccc(-n2c3ccccc3c3c4c5ccccc5ccc4c4ccccc4c32)c1. The molecule has 1 aromatic heterocycles. The molecule has 0 saturated carbocycles. The van der Waals surface area contributed by atoms with Gasteiger partial charge in [0.05, 0.1) is 17.1 Å². The molecule has 0 spiro atoms. The fraction of sp³-hybridized carbons (Fsp3) is 0.0400. The monoisotopic (exact) mass is 677 g/mol. The van der Waals surface area contributed by atoms with Crippen molar-refractivity contribution in [2.24, 2.45) is 0 Å². The Labute approximate surface area is 307 Å². The van der Waals surface area contributed by atoms with E-state index >= 15 is 0 Å². The normalized spacial score (nSPS) is 16.1. The van der Waals surface area contributed by atoms with Crippen LogP contribution in [0.1, 0.15) is 28.9 Å². The molecule has 0 bridgehead atoms. The zero-order valence-corrected chi connectivity index (χ0v) is 29.0. The van der Waals surface area contributed by atoms with Crippen LogP contribution in [0.15, 0.2) is 188 Å². The summed E-state index contributed by atoms with van der Waals surface area (Å²) < 4.78 is 2.50. The first-order valence-electron chi connectivity index (χ1n) is 18.4. The molecule has 0 amide bonds. The molecule has 11 rings (SSSR count). The van der Waals surface area contributed by atoms with Crippen LogP contribution in [0.2, 0.25) is 0 Å². The summed E-state index contributed by atoms with van der Waals surface area (Å²) in [6, 6.07) is 66.3. The summed E-state index contributed by atoms with van der Waals surface area (Å²) in [4.78, 5) is 0. The van der Waals surface area contributed by atoms with E-state index in [4.69, 9.17) is 0 Å². The van der Waals surface area contributed by atoms with E-state index in [9.17, 15) is 0 Å². The van der Waals surface area contributed by atoms with Crippen molar-refractivity contribution in [3.63, 3.8) is 0 Å². The smallest absolute Gasteiger partial charge is 0.105 e. The molecule has 3 heteroatoms. The molecule has 1 aliphatic heterocycles. The molecule has 2 unspecified atom stereocenters. The largest absolute Gasteiger partial charge is 0.366 e. The number of rotatable bonds is 4. The Hall–Kier alpha value is -6.68. The maximum atomic E-state index is 4.00. The van der Waals surface area contributed by atoms with E-state index in [1.807, 2.05) is 0 Å². The van der Waals surface area contributed by atoms with Gasteiger partial charge in [-0.3, -0.25) is 5.32 Å². The summed E-state index contributed by atoms with van der Waals surface area (Å²) in [7, 11) is 0. The minimum atomic E-state index is -0.0909. The van der Waals surface area contributed by atoms with Gasteiger partial charge in [0.2, 0.25) is 0 Å². The predicted octanol–water partition coefficient (Wildman–Crippen LogP) is 12.4. The van der Waals surface area contributed by atoms with E-state index in [1.165, 1.54) is 81.6 Å². The molecule has 2 N–H and O–H groups in total. The van der Waals surface area contributed by atoms with Gasteiger partial charge in [0.15, 0.2) is 0 Å². The highest BCUT2D eigenvalue weighted by atomic mass is 15.2. The second-order valence-electron chi connectivity index (χ2n) is 14.2. The number of hydrogen-bond acceptors (Lipinski definition) is 2. The molecule has 53 heavy (non-hydrogen) atoms. The summed E-state index contributed by atoms with van der Waals surface area (Å²) in [5, 5.41) is 20.6. The Balaban J connectivity index is 1.15. The van der Waals surface area contributed by atoms with Gasteiger partial charge in [-0.15, -0.1) is 0 Å². The second-order valence-corrected chi connectivity index (χ2v) is 14.2. The molecule has 250 valence electrons. The lowest BCUT2D eigenvalue weighted by Crippen LogP contribution is -2.39. The molecule has 3 nitrogen and oxygen atoms in total. The van der Waals surface area contributed by atoms with Crippen molar-refractivity contribution >= 4 is 70.6 Å². The molecule has 0 radical (unpaired) electrons. The van der Waals surface area contributed by atoms with Crippen LogP contribution < -0.4 is 10.6 Å². The number of nitrogens with one attached hydrogen (secondary N) is 2. The van der Waals surface area contributed by atoms with Gasteiger partial charge in [-0.1, -0.05) is 164 Å². The van der Waals surface area contributed by atoms with E-state index in [-0.39, 0.29) is 12.2 Å². The molecular formula is C50H35N3. The summed E-state index contributed by atoms with van der Waals surface area (Å²) in [5.41, 5.74) is 8.35. The van der Waals surface area contributed by atoms with E-state index < -0.39 is 0 Å². The molecule has 9 aromatic carbocycles. The van der Waals surface area contributed by atoms with E-state index in [0.29, 0.717) is 0 Å². The third kappa shape index (κ3) is 4.71. The van der Waals surface area contributed by atoms with Gasteiger partial charge in [-0.05, 0) is 73.3 Å². The third-order valence-corrected chi connectivity index (χ3v) is 11.2. The van der Waals surface area contributed by atoms with Gasteiger partial charge < -0.3 is 9.88 Å². The van der Waals surface area contributed by atoms with E-state index in [0.717, 1.165) is 11.4 Å². The Kier molecular flexibility index (Phi) is 6.76. The molecule has 0 aliphatic carbocycles. The second kappa shape index (κ2) is 11.9. The minimum Gasteiger partial charge on any atom is -0.366 e. The highest BCUT2D eigenvalue weighted by Crippen LogP contribution is 2.45. The quantitative estimate of drug-likeness (QED) is 0.182. The van der Waals surface area contributed by atoms with Crippen LogP contribution >= 0.6 is 0 Å².